The maximum Gasteiger partial charge on any atom is 0.343 e. The van der Waals surface area contributed by atoms with Crippen molar-refractivity contribution in [2.45, 2.75) is 91.1 Å². The maximum atomic E-state index is 11.7. The fourth-order valence-corrected chi connectivity index (χ4v) is 3.24. The van der Waals surface area contributed by atoms with Gasteiger partial charge in [-0.25, -0.2) is 19.8 Å². The molecule has 146 valence electrons. The van der Waals surface area contributed by atoms with Gasteiger partial charge in [-0.15, -0.1) is 0 Å². The lowest BCUT2D eigenvalue weighted by Crippen LogP contribution is -2.19. The van der Waals surface area contributed by atoms with Gasteiger partial charge in [0.05, 0.1) is 0 Å². The van der Waals surface area contributed by atoms with Crippen molar-refractivity contribution >= 4 is 0 Å². The molecule has 0 saturated heterocycles. The first kappa shape index (κ1) is 20.2. The summed E-state index contributed by atoms with van der Waals surface area (Å²) in [7, 11) is 0. The molecule has 0 aliphatic heterocycles. The minimum atomic E-state index is -0.0955. The number of aromatic amines is 2. The zero-order valence-corrected chi connectivity index (χ0v) is 16.1. The predicted octanol–water partition coefficient (Wildman–Crippen LogP) is 2.40. The summed E-state index contributed by atoms with van der Waals surface area (Å²) in [4.78, 5) is 23.5. The molecule has 0 aromatic carbocycles. The Bertz CT molecular complexity index is 690. The molecule has 8 nitrogen and oxygen atoms in total. The Morgan fingerprint density at radius 2 is 1.08 bits per heavy atom. The summed E-state index contributed by atoms with van der Waals surface area (Å²) in [6, 6.07) is 0. The number of nitrogens with one attached hydrogen (secondary N) is 2. The summed E-state index contributed by atoms with van der Waals surface area (Å²) in [6.07, 6.45) is 10.2. The van der Waals surface area contributed by atoms with Gasteiger partial charge in [-0.05, 0) is 25.7 Å². The fraction of sp³-hybridized carbons (Fsp3) is 0.778. The first-order valence-corrected chi connectivity index (χ1v) is 9.95. The average molecular weight is 364 g/mol. The van der Waals surface area contributed by atoms with Gasteiger partial charge in [-0.1, -0.05) is 39.5 Å². The van der Waals surface area contributed by atoms with E-state index < -0.39 is 0 Å². The summed E-state index contributed by atoms with van der Waals surface area (Å²) in [5, 5.41) is 13.3. The number of nitrogens with zero attached hydrogens (tertiary/aromatic N) is 4. The molecule has 0 bridgehead atoms. The van der Waals surface area contributed by atoms with Crippen molar-refractivity contribution in [3.05, 3.63) is 32.6 Å². The van der Waals surface area contributed by atoms with E-state index in [0.717, 1.165) is 88.9 Å². The number of aryl methyl sites for hydroxylation is 2. The zero-order valence-electron chi connectivity index (χ0n) is 16.1. The van der Waals surface area contributed by atoms with Crippen LogP contribution in [0.5, 0.6) is 0 Å². The van der Waals surface area contributed by atoms with E-state index in [1.807, 2.05) is 0 Å². The van der Waals surface area contributed by atoms with Crippen molar-refractivity contribution in [1.29, 1.82) is 0 Å². The SMILES string of the molecule is CCCc1n[nH]c(=O)n1CCCCCCCCn1c(CCC)n[nH]c1=O. The summed E-state index contributed by atoms with van der Waals surface area (Å²) in [6.45, 7) is 5.67. The minimum Gasteiger partial charge on any atom is -0.279 e. The van der Waals surface area contributed by atoms with Crippen molar-refractivity contribution in [2.75, 3.05) is 0 Å². The normalized spacial score (nSPS) is 11.3. The Kier molecular flexibility index (Phi) is 8.37. The lowest BCUT2D eigenvalue weighted by Gasteiger charge is -2.06. The molecule has 0 atom stereocenters. The molecule has 26 heavy (non-hydrogen) atoms. The largest absolute Gasteiger partial charge is 0.343 e. The van der Waals surface area contributed by atoms with Crippen molar-refractivity contribution < 1.29 is 0 Å². The van der Waals surface area contributed by atoms with E-state index in [9.17, 15) is 9.59 Å². The summed E-state index contributed by atoms with van der Waals surface area (Å²) in [5.74, 6) is 1.73. The number of H-pyrrole nitrogens is 2. The summed E-state index contributed by atoms with van der Waals surface area (Å²) >= 11 is 0. The van der Waals surface area contributed by atoms with E-state index >= 15 is 0 Å². The number of unbranched alkanes of at least 4 members (excludes halogenated alkanes) is 5. The van der Waals surface area contributed by atoms with E-state index in [1.165, 1.54) is 0 Å². The first-order chi connectivity index (χ1) is 12.7. The number of rotatable bonds is 13. The standard InChI is InChI=1S/C18H32N6O2/c1-3-11-15-19-21-17(25)23(15)13-9-7-5-6-8-10-14-24-16(12-4-2)20-22-18(24)26/h3-14H2,1-2H3,(H,21,25)(H,22,26). The molecule has 0 amide bonds. The quantitative estimate of drug-likeness (QED) is 0.533. The van der Waals surface area contributed by atoms with Gasteiger partial charge in [0.1, 0.15) is 11.6 Å². The fourth-order valence-electron chi connectivity index (χ4n) is 3.24. The number of aromatic nitrogens is 6. The molecule has 0 radical (unpaired) electrons. The van der Waals surface area contributed by atoms with Gasteiger partial charge in [0.2, 0.25) is 0 Å². The van der Waals surface area contributed by atoms with Crippen LogP contribution in [-0.4, -0.2) is 29.5 Å². The van der Waals surface area contributed by atoms with Crippen LogP contribution in [-0.2, 0) is 25.9 Å². The number of hydrogen-bond donors (Lipinski definition) is 2. The van der Waals surface area contributed by atoms with Crippen molar-refractivity contribution in [1.82, 2.24) is 29.5 Å². The van der Waals surface area contributed by atoms with Crippen LogP contribution in [0.3, 0.4) is 0 Å². The van der Waals surface area contributed by atoms with Gasteiger partial charge in [0.25, 0.3) is 0 Å². The van der Waals surface area contributed by atoms with Crippen LogP contribution in [0.1, 0.15) is 76.9 Å². The molecule has 0 aliphatic rings. The molecule has 0 aliphatic carbocycles. The highest BCUT2D eigenvalue weighted by Crippen LogP contribution is 2.08. The molecule has 2 rings (SSSR count). The Labute approximate surface area is 154 Å². The second-order valence-corrected chi connectivity index (χ2v) is 6.81. The highest BCUT2D eigenvalue weighted by atomic mass is 16.2. The number of hydrogen-bond acceptors (Lipinski definition) is 4. The Morgan fingerprint density at radius 3 is 1.46 bits per heavy atom. The molecule has 0 fully saturated rings. The van der Waals surface area contributed by atoms with Gasteiger partial charge < -0.3 is 0 Å². The maximum absolute atomic E-state index is 11.7. The second-order valence-electron chi connectivity index (χ2n) is 6.81. The molecule has 0 saturated carbocycles. The van der Waals surface area contributed by atoms with Crippen LogP contribution in [0.2, 0.25) is 0 Å². The monoisotopic (exact) mass is 364 g/mol. The molecule has 2 heterocycles. The molecule has 0 spiro atoms. The molecule has 0 unspecified atom stereocenters. The van der Waals surface area contributed by atoms with Gasteiger partial charge in [-0.2, -0.15) is 10.2 Å². The van der Waals surface area contributed by atoms with Gasteiger partial charge in [0, 0.05) is 25.9 Å². The predicted molar refractivity (Wildman–Crippen MR) is 101 cm³/mol. The van der Waals surface area contributed by atoms with E-state index in [2.05, 4.69) is 34.2 Å². The molecule has 2 aromatic rings. The molecule has 2 N–H and O–H groups in total. The van der Waals surface area contributed by atoms with Crippen molar-refractivity contribution in [2.24, 2.45) is 0 Å². The van der Waals surface area contributed by atoms with E-state index in [1.54, 1.807) is 9.13 Å². The van der Waals surface area contributed by atoms with Crippen LogP contribution >= 0.6 is 0 Å². The lowest BCUT2D eigenvalue weighted by molar-refractivity contribution is 0.511. The minimum absolute atomic E-state index is 0.0955. The zero-order chi connectivity index (χ0) is 18.8. The van der Waals surface area contributed by atoms with Gasteiger partial charge in [0.15, 0.2) is 0 Å². The van der Waals surface area contributed by atoms with Crippen molar-refractivity contribution in [3.8, 4) is 0 Å². The van der Waals surface area contributed by atoms with Crippen LogP contribution in [0.15, 0.2) is 9.59 Å². The Morgan fingerprint density at radius 1 is 0.692 bits per heavy atom. The smallest absolute Gasteiger partial charge is 0.279 e. The third kappa shape index (κ3) is 5.71. The lowest BCUT2D eigenvalue weighted by atomic mass is 10.1. The first-order valence-electron chi connectivity index (χ1n) is 9.95. The van der Waals surface area contributed by atoms with E-state index in [-0.39, 0.29) is 11.4 Å². The molecular formula is C18H32N6O2. The highest BCUT2D eigenvalue weighted by molar-refractivity contribution is 4.86. The Hall–Kier alpha value is -2.12. The topological polar surface area (TPSA) is 101 Å². The van der Waals surface area contributed by atoms with Crippen LogP contribution in [0.25, 0.3) is 0 Å². The van der Waals surface area contributed by atoms with Crippen LogP contribution in [0.4, 0.5) is 0 Å². The second kappa shape index (κ2) is 10.8. The van der Waals surface area contributed by atoms with Gasteiger partial charge >= 0.3 is 11.4 Å². The van der Waals surface area contributed by atoms with Crippen LogP contribution in [0, 0.1) is 0 Å². The summed E-state index contributed by atoms with van der Waals surface area (Å²) < 4.78 is 3.54. The van der Waals surface area contributed by atoms with E-state index in [4.69, 9.17) is 0 Å². The van der Waals surface area contributed by atoms with Gasteiger partial charge in [-0.3, -0.25) is 9.13 Å². The Balaban J connectivity index is 1.60. The van der Waals surface area contributed by atoms with Crippen LogP contribution < -0.4 is 11.4 Å². The third-order valence-corrected chi connectivity index (χ3v) is 4.64. The summed E-state index contributed by atoms with van der Waals surface area (Å²) in [5.41, 5.74) is -0.191. The highest BCUT2D eigenvalue weighted by Gasteiger charge is 2.07. The van der Waals surface area contributed by atoms with Crippen molar-refractivity contribution in [3.63, 3.8) is 0 Å². The third-order valence-electron chi connectivity index (χ3n) is 4.64. The molecule has 8 heteroatoms. The van der Waals surface area contributed by atoms with E-state index in [0.29, 0.717) is 0 Å². The average Bonchev–Trinajstić information content (AvgIpc) is 3.15. The molecular weight excluding hydrogens is 332 g/mol. The molecule has 2 aromatic heterocycles.